The highest BCUT2D eigenvalue weighted by Crippen LogP contribution is 2.41. The molecule has 0 aliphatic rings. The van der Waals surface area contributed by atoms with Crippen molar-refractivity contribution in [1.29, 1.82) is 0 Å². The highest BCUT2D eigenvalue weighted by Gasteiger charge is 2.24. The third kappa shape index (κ3) is 2.12. The largest absolute Gasteiger partial charge is 0.303 e. The summed E-state index contributed by atoms with van der Waals surface area (Å²) < 4.78 is 4.78. The number of hydrogen-bond donors (Lipinski definition) is 0. The first-order valence-electron chi connectivity index (χ1n) is 11.2. The van der Waals surface area contributed by atoms with Crippen molar-refractivity contribution in [2.24, 2.45) is 7.05 Å². The maximum atomic E-state index is 2.48. The number of fused-ring (bicyclic) bond motifs is 5. The molecule has 0 bridgehead atoms. The van der Waals surface area contributed by atoms with Gasteiger partial charge in [-0.1, -0.05) is 54.6 Å². The Morgan fingerprint density at radius 1 is 0.688 bits per heavy atom. The van der Waals surface area contributed by atoms with Crippen molar-refractivity contribution >= 4 is 49.0 Å². The summed E-state index contributed by atoms with van der Waals surface area (Å²) in [6, 6.07) is 28.9. The Hall–Kier alpha value is -3.91. The number of aryl methyl sites for hydroxylation is 3. The van der Waals surface area contributed by atoms with E-state index in [-0.39, 0.29) is 0 Å². The van der Waals surface area contributed by atoms with Crippen LogP contribution in [0.3, 0.4) is 0 Å². The van der Waals surface area contributed by atoms with E-state index in [4.69, 9.17) is 0 Å². The van der Waals surface area contributed by atoms with Gasteiger partial charge in [-0.3, -0.25) is 0 Å². The minimum absolute atomic E-state index is 1.25. The molecule has 0 spiro atoms. The smallest absolute Gasteiger partial charge is 0.238 e. The van der Waals surface area contributed by atoms with Gasteiger partial charge in [0.25, 0.3) is 0 Å². The van der Waals surface area contributed by atoms with Crippen LogP contribution in [0.25, 0.3) is 60.1 Å². The highest BCUT2D eigenvalue weighted by atomic mass is 15.0. The Kier molecular flexibility index (Phi) is 3.37. The van der Waals surface area contributed by atoms with Gasteiger partial charge in [-0.05, 0) is 59.7 Å². The first-order valence-corrected chi connectivity index (χ1v) is 11.2. The van der Waals surface area contributed by atoms with Gasteiger partial charge in [0.2, 0.25) is 5.52 Å². The summed E-state index contributed by atoms with van der Waals surface area (Å²) >= 11 is 0. The van der Waals surface area contributed by atoms with E-state index in [0.717, 1.165) is 0 Å². The summed E-state index contributed by atoms with van der Waals surface area (Å²) in [5.74, 6) is 0. The van der Waals surface area contributed by atoms with Crippen LogP contribution < -0.4 is 4.57 Å². The summed E-state index contributed by atoms with van der Waals surface area (Å²) in [4.78, 5) is 0. The van der Waals surface area contributed by atoms with Gasteiger partial charge in [0.1, 0.15) is 12.6 Å². The van der Waals surface area contributed by atoms with Crippen LogP contribution in [0.15, 0.2) is 85.1 Å². The summed E-state index contributed by atoms with van der Waals surface area (Å²) in [7, 11) is 2.17. The topological polar surface area (TPSA) is 8.29 Å². The van der Waals surface area contributed by atoms with Gasteiger partial charge in [0, 0.05) is 22.2 Å². The molecule has 2 nitrogen and oxygen atoms in total. The van der Waals surface area contributed by atoms with E-state index in [1.807, 2.05) is 0 Å². The molecule has 4 aromatic carbocycles. The Morgan fingerprint density at radius 3 is 2.38 bits per heavy atom. The molecule has 32 heavy (non-hydrogen) atoms. The van der Waals surface area contributed by atoms with Crippen LogP contribution >= 0.6 is 0 Å². The highest BCUT2D eigenvalue weighted by molar-refractivity contribution is 6.26. The molecule has 0 saturated heterocycles. The molecule has 7 rings (SSSR count). The first-order chi connectivity index (χ1) is 15.6. The minimum Gasteiger partial charge on any atom is -0.303 e. The number of nitrogens with zero attached hydrogens (tertiary/aromatic N) is 2. The van der Waals surface area contributed by atoms with E-state index < -0.39 is 0 Å². The van der Waals surface area contributed by atoms with E-state index >= 15 is 0 Å². The van der Waals surface area contributed by atoms with E-state index in [0.29, 0.717) is 0 Å². The quantitative estimate of drug-likeness (QED) is 0.155. The van der Waals surface area contributed by atoms with Crippen molar-refractivity contribution in [1.82, 2.24) is 4.40 Å². The van der Waals surface area contributed by atoms with Gasteiger partial charge < -0.3 is 4.40 Å². The molecule has 3 aromatic heterocycles. The summed E-state index contributed by atoms with van der Waals surface area (Å²) in [5.41, 5.74) is 10.4. The number of benzene rings is 4. The Bertz CT molecular complexity index is 1840. The van der Waals surface area contributed by atoms with Gasteiger partial charge in [-0.25, -0.2) is 0 Å². The van der Waals surface area contributed by atoms with Crippen molar-refractivity contribution in [3.8, 4) is 11.1 Å². The lowest BCUT2D eigenvalue weighted by atomic mass is 9.94. The molecule has 7 aromatic rings. The lowest BCUT2D eigenvalue weighted by Gasteiger charge is -2.14. The van der Waals surface area contributed by atoms with Crippen LogP contribution in [-0.4, -0.2) is 4.40 Å². The van der Waals surface area contributed by atoms with Crippen molar-refractivity contribution < 1.29 is 4.57 Å². The van der Waals surface area contributed by atoms with E-state index in [1.54, 1.807) is 0 Å². The number of hydrogen-bond acceptors (Lipinski definition) is 0. The fourth-order valence-corrected chi connectivity index (χ4v) is 5.66. The van der Waals surface area contributed by atoms with E-state index in [1.165, 1.54) is 71.3 Å². The number of rotatable bonds is 1. The normalized spacial score (nSPS) is 12.2. The maximum absolute atomic E-state index is 2.48. The van der Waals surface area contributed by atoms with Crippen LogP contribution in [-0.2, 0) is 7.05 Å². The molecule has 3 heterocycles. The van der Waals surface area contributed by atoms with Gasteiger partial charge in [-0.2, -0.15) is 4.57 Å². The SMILES string of the molecule is Cc1cc2cccc3c2c(c1C)c1c2c(cc[n+]1C)c1cc(-c4ccccc4)ccc1n32. The zero-order chi connectivity index (χ0) is 21.6. The molecule has 0 aliphatic heterocycles. The molecule has 0 radical (unpaired) electrons. The molecule has 0 atom stereocenters. The van der Waals surface area contributed by atoms with E-state index in [9.17, 15) is 0 Å². The second kappa shape index (κ2) is 6.08. The van der Waals surface area contributed by atoms with Crippen molar-refractivity contribution in [2.75, 3.05) is 0 Å². The minimum atomic E-state index is 1.25. The Labute approximate surface area is 186 Å². The maximum Gasteiger partial charge on any atom is 0.238 e. The van der Waals surface area contributed by atoms with Crippen molar-refractivity contribution in [2.45, 2.75) is 13.8 Å². The summed E-state index contributed by atoms with van der Waals surface area (Å²) in [6.07, 6.45) is 2.22. The predicted molar refractivity (Wildman–Crippen MR) is 135 cm³/mol. The lowest BCUT2D eigenvalue weighted by Crippen LogP contribution is -2.29. The second-order valence-corrected chi connectivity index (χ2v) is 9.04. The molecule has 152 valence electrons. The van der Waals surface area contributed by atoms with Crippen molar-refractivity contribution in [3.05, 3.63) is 96.2 Å². The van der Waals surface area contributed by atoms with Gasteiger partial charge in [0.05, 0.1) is 16.4 Å². The van der Waals surface area contributed by atoms with Crippen LogP contribution in [0.2, 0.25) is 0 Å². The molecule has 0 aliphatic carbocycles. The third-order valence-corrected chi connectivity index (χ3v) is 7.30. The summed E-state index contributed by atoms with van der Waals surface area (Å²) in [6.45, 7) is 4.50. The zero-order valence-corrected chi connectivity index (χ0v) is 18.5. The van der Waals surface area contributed by atoms with Gasteiger partial charge in [0.15, 0.2) is 6.20 Å². The fraction of sp³-hybridized carbons (Fsp3) is 0.100. The van der Waals surface area contributed by atoms with Crippen LogP contribution in [0.1, 0.15) is 11.1 Å². The molecule has 2 heteroatoms. The number of aromatic nitrogens is 2. The monoisotopic (exact) mass is 411 g/mol. The Balaban J connectivity index is 1.79. The predicted octanol–water partition coefficient (Wildman–Crippen LogP) is 7.10. The molecule has 0 fully saturated rings. The second-order valence-electron chi connectivity index (χ2n) is 9.04. The van der Waals surface area contributed by atoms with Crippen LogP contribution in [0, 0.1) is 13.8 Å². The number of pyridine rings is 2. The molecule has 0 amide bonds. The van der Waals surface area contributed by atoms with Gasteiger partial charge >= 0.3 is 0 Å². The standard InChI is InChI=1S/C30H23N2/c1-18-16-22-10-7-11-26-28(22)27(19(18)2)30-29-23(14-15-31(30)3)24-17-21(12-13-25(24)32(26)29)20-8-5-4-6-9-20/h4-17H,1-3H3/q+1. The molecule has 0 saturated carbocycles. The fourth-order valence-electron chi connectivity index (χ4n) is 5.66. The Morgan fingerprint density at radius 2 is 1.53 bits per heavy atom. The molecular formula is C30H23N2+. The first kappa shape index (κ1) is 17.7. The van der Waals surface area contributed by atoms with Crippen LogP contribution in [0.4, 0.5) is 0 Å². The average molecular weight is 412 g/mol. The van der Waals surface area contributed by atoms with Crippen LogP contribution in [0.5, 0.6) is 0 Å². The zero-order valence-electron chi connectivity index (χ0n) is 18.5. The molecule has 0 N–H and O–H groups in total. The lowest BCUT2D eigenvalue weighted by molar-refractivity contribution is -0.644. The molecule has 0 unspecified atom stereocenters. The van der Waals surface area contributed by atoms with Gasteiger partial charge in [-0.15, -0.1) is 0 Å². The van der Waals surface area contributed by atoms with E-state index in [2.05, 4.69) is 115 Å². The third-order valence-electron chi connectivity index (χ3n) is 7.30. The average Bonchev–Trinajstić information content (AvgIpc) is 3.15. The van der Waals surface area contributed by atoms with Crippen molar-refractivity contribution in [3.63, 3.8) is 0 Å². The summed E-state index contributed by atoms with van der Waals surface area (Å²) in [5, 5.41) is 6.67. The molecular weight excluding hydrogens is 388 g/mol.